The van der Waals surface area contributed by atoms with E-state index in [1.165, 1.54) is 6.42 Å². The first-order valence-corrected chi connectivity index (χ1v) is 4.76. The Kier molecular flexibility index (Phi) is 5.51. The molecular formula is C10H23NO. The summed E-state index contributed by atoms with van der Waals surface area (Å²) in [6, 6.07) is 0. The Morgan fingerprint density at radius 1 is 1.33 bits per heavy atom. The third-order valence-electron chi connectivity index (χ3n) is 2.17. The molecule has 0 amide bonds. The topological polar surface area (TPSA) is 35.2 Å². The summed E-state index contributed by atoms with van der Waals surface area (Å²) in [5.41, 5.74) is 6.03. The molecule has 12 heavy (non-hydrogen) atoms. The highest BCUT2D eigenvalue weighted by atomic mass is 16.5. The van der Waals surface area contributed by atoms with Gasteiger partial charge in [0.2, 0.25) is 0 Å². The van der Waals surface area contributed by atoms with Crippen molar-refractivity contribution in [2.45, 2.75) is 45.6 Å². The van der Waals surface area contributed by atoms with Crippen molar-refractivity contribution in [2.75, 3.05) is 13.7 Å². The minimum absolute atomic E-state index is 0.0414. The van der Waals surface area contributed by atoms with Crippen molar-refractivity contribution in [3.05, 3.63) is 0 Å². The van der Waals surface area contributed by atoms with Crippen molar-refractivity contribution < 1.29 is 4.74 Å². The Labute approximate surface area is 76.5 Å². The molecule has 0 bridgehead atoms. The van der Waals surface area contributed by atoms with E-state index in [0.29, 0.717) is 0 Å². The van der Waals surface area contributed by atoms with Gasteiger partial charge in [0, 0.05) is 19.3 Å². The minimum atomic E-state index is -0.0414. The summed E-state index contributed by atoms with van der Waals surface area (Å²) in [7, 11) is 1.72. The molecule has 1 atom stereocenters. The Balaban J connectivity index is 3.56. The average molecular weight is 173 g/mol. The van der Waals surface area contributed by atoms with Crippen LogP contribution < -0.4 is 5.73 Å². The fraction of sp³-hybridized carbons (Fsp3) is 1.00. The Morgan fingerprint density at radius 3 is 2.33 bits per heavy atom. The third-order valence-corrected chi connectivity index (χ3v) is 2.17. The van der Waals surface area contributed by atoms with E-state index in [1.807, 2.05) is 0 Å². The first-order valence-electron chi connectivity index (χ1n) is 4.76. The lowest BCUT2D eigenvalue weighted by molar-refractivity contribution is 0.167. The van der Waals surface area contributed by atoms with Gasteiger partial charge >= 0.3 is 0 Å². The van der Waals surface area contributed by atoms with E-state index in [2.05, 4.69) is 20.8 Å². The highest BCUT2D eigenvalue weighted by Gasteiger charge is 2.17. The van der Waals surface area contributed by atoms with Crippen LogP contribution in [-0.4, -0.2) is 19.3 Å². The first-order chi connectivity index (χ1) is 5.48. The molecule has 0 saturated carbocycles. The second kappa shape index (κ2) is 5.55. The number of nitrogens with two attached hydrogens (primary N) is 1. The predicted octanol–water partition coefficient (Wildman–Crippen LogP) is 2.18. The van der Waals surface area contributed by atoms with Crippen LogP contribution in [0.3, 0.4) is 0 Å². The SMILES string of the molecule is COCCC(C)(N)CCC(C)C. The molecular weight excluding hydrogens is 150 g/mol. The molecule has 0 rings (SSSR count). The molecule has 0 aliphatic rings. The molecule has 0 heterocycles. The molecule has 2 nitrogen and oxygen atoms in total. The predicted molar refractivity (Wildman–Crippen MR) is 53.2 cm³/mol. The molecule has 0 aromatic rings. The quantitative estimate of drug-likeness (QED) is 0.668. The zero-order valence-electron chi connectivity index (χ0n) is 8.89. The molecule has 0 spiro atoms. The van der Waals surface area contributed by atoms with Crippen molar-refractivity contribution in [3.63, 3.8) is 0 Å². The second-order valence-electron chi connectivity index (χ2n) is 4.33. The van der Waals surface area contributed by atoms with Crippen molar-refractivity contribution in [2.24, 2.45) is 11.7 Å². The highest BCUT2D eigenvalue weighted by molar-refractivity contribution is 4.78. The number of rotatable bonds is 6. The average Bonchev–Trinajstić information content (AvgIpc) is 1.98. The van der Waals surface area contributed by atoms with Gasteiger partial charge in [0.15, 0.2) is 0 Å². The smallest absolute Gasteiger partial charge is 0.0479 e. The second-order valence-corrected chi connectivity index (χ2v) is 4.33. The lowest BCUT2D eigenvalue weighted by Crippen LogP contribution is -2.37. The van der Waals surface area contributed by atoms with Gasteiger partial charge in [-0.15, -0.1) is 0 Å². The van der Waals surface area contributed by atoms with Crippen LogP contribution in [0.5, 0.6) is 0 Å². The van der Waals surface area contributed by atoms with Crippen molar-refractivity contribution >= 4 is 0 Å². The van der Waals surface area contributed by atoms with Gasteiger partial charge in [-0.05, 0) is 32.1 Å². The molecule has 0 aromatic heterocycles. The summed E-state index contributed by atoms with van der Waals surface area (Å²) in [5, 5.41) is 0. The number of methoxy groups -OCH3 is 1. The lowest BCUT2D eigenvalue weighted by atomic mass is 9.90. The Hall–Kier alpha value is -0.0800. The molecule has 2 N–H and O–H groups in total. The van der Waals surface area contributed by atoms with E-state index in [1.54, 1.807) is 7.11 Å². The van der Waals surface area contributed by atoms with Gasteiger partial charge in [0.1, 0.15) is 0 Å². The largest absolute Gasteiger partial charge is 0.385 e. The monoisotopic (exact) mass is 173 g/mol. The van der Waals surface area contributed by atoms with E-state index < -0.39 is 0 Å². The van der Waals surface area contributed by atoms with E-state index in [-0.39, 0.29) is 5.54 Å². The van der Waals surface area contributed by atoms with Crippen molar-refractivity contribution in [3.8, 4) is 0 Å². The van der Waals surface area contributed by atoms with Crippen LogP contribution in [0.25, 0.3) is 0 Å². The van der Waals surface area contributed by atoms with Crippen LogP contribution >= 0.6 is 0 Å². The van der Waals surface area contributed by atoms with E-state index >= 15 is 0 Å². The lowest BCUT2D eigenvalue weighted by Gasteiger charge is -2.25. The number of hydrogen-bond acceptors (Lipinski definition) is 2. The van der Waals surface area contributed by atoms with Gasteiger partial charge in [0.25, 0.3) is 0 Å². The van der Waals surface area contributed by atoms with Crippen molar-refractivity contribution in [1.29, 1.82) is 0 Å². The zero-order valence-corrected chi connectivity index (χ0v) is 8.89. The molecule has 0 aliphatic carbocycles. The number of hydrogen-bond donors (Lipinski definition) is 1. The van der Waals surface area contributed by atoms with Gasteiger partial charge in [0.05, 0.1) is 0 Å². The molecule has 0 aromatic carbocycles. The summed E-state index contributed by atoms with van der Waals surface area (Å²) < 4.78 is 5.00. The van der Waals surface area contributed by atoms with Gasteiger partial charge in [-0.25, -0.2) is 0 Å². The van der Waals surface area contributed by atoms with Gasteiger partial charge < -0.3 is 10.5 Å². The summed E-state index contributed by atoms with van der Waals surface area (Å²) in [6.45, 7) is 7.33. The maximum Gasteiger partial charge on any atom is 0.0479 e. The van der Waals surface area contributed by atoms with Crippen LogP contribution in [0.2, 0.25) is 0 Å². The Morgan fingerprint density at radius 2 is 1.92 bits per heavy atom. The fourth-order valence-electron chi connectivity index (χ4n) is 1.08. The molecule has 0 aliphatic heterocycles. The zero-order chi connectivity index (χ0) is 9.61. The fourth-order valence-corrected chi connectivity index (χ4v) is 1.08. The summed E-state index contributed by atoms with van der Waals surface area (Å²) in [4.78, 5) is 0. The van der Waals surface area contributed by atoms with Crippen LogP contribution in [-0.2, 0) is 4.74 Å². The minimum Gasteiger partial charge on any atom is -0.385 e. The molecule has 74 valence electrons. The summed E-state index contributed by atoms with van der Waals surface area (Å²) in [5.74, 6) is 0.746. The number of ether oxygens (including phenoxy) is 1. The van der Waals surface area contributed by atoms with E-state index in [0.717, 1.165) is 25.4 Å². The molecule has 0 fully saturated rings. The van der Waals surface area contributed by atoms with Crippen molar-refractivity contribution in [1.82, 2.24) is 0 Å². The van der Waals surface area contributed by atoms with Crippen LogP contribution in [0.15, 0.2) is 0 Å². The maximum atomic E-state index is 6.07. The molecule has 0 radical (unpaired) electrons. The summed E-state index contributed by atoms with van der Waals surface area (Å²) >= 11 is 0. The van der Waals surface area contributed by atoms with Crippen LogP contribution in [0, 0.1) is 5.92 Å². The van der Waals surface area contributed by atoms with E-state index in [4.69, 9.17) is 10.5 Å². The molecule has 1 unspecified atom stereocenters. The Bertz CT molecular complexity index is 110. The summed E-state index contributed by atoms with van der Waals surface area (Å²) in [6.07, 6.45) is 3.25. The van der Waals surface area contributed by atoms with Crippen LogP contribution in [0.1, 0.15) is 40.0 Å². The third kappa shape index (κ3) is 6.62. The molecule has 0 saturated heterocycles. The standard InChI is InChI=1S/C10H23NO/c1-9(2)5-6-10(3,11)7-8-12-4/h9H,5-8,11H2,1-4H3. The van der Waals surface area contributed by atoms with E-state index in [9.17, 15) is 0 Å². The van der Waals surface area contributed by atoms with Gasteiger partial charge in [-0.1, -0.05) is 13.8 Å². The van der Waals surface area contributed by atoms with Gasteiger partial charge in [-0.3, -0.25) is 0 Å². The molecule has 2 heteroatoms. The van der Waals surface area contributed by atoms with Gasteiger partial charge in [-0.2, -0.15) is 0 Å². The normalized spacial score (nSPS) is 16.5. The first kappa shape index (κ1) is 11.9. The maximum absolute atomic E-state index is 6.07. The van der Waals surface area contributed by atoms with Crippen LogP contribution in [0.4, 0.5) is 0 Å². The highest BCUT2D eigenvalue weighted by Crippen LogP contribution is 2.17.